The van der Waals surface area contributed by atoms with Crippen LogP contribution in [0.5, 0.6) is 0 Å². The number of piperazine rings is 1. The van der Waals surface area contributed by atoms with E-state index >= 15 is 0 Å². The summed E-state index contributed by atoms with van der Waals surface area (Å²) in [4.78, 5) is 64.5. The van der Waals surface area contributed by atoms with Crippen molar-refractivity contribution in [1.82, 2.24) is 14.4 Å². The first-order valence-corrected chi connectivity index (χ1v) is 10.9. The van der Waals surface area contributed by atoms with Gasteiger partial charge in [0.05, 0.1) is 11.5 Å². The highest BCUT2D eigenvalue weighted by Gasteiger charge is 2.36. The van der Waals surface area contributed by atoms with E-state index in [1.165, 1.54) is 40.3 Å². The molecular formula is C21H21BrN4O7. The van der Waals surface area contributed by atoms with E-state index in [1.807, 2.05) is 0 Å². The third-order valence-electron chi connectivity index (χ3n) is 5.14. The zero-order valence-electron chi connectivity index (χ0n) is 17.7. The summed E-state index contributed by atoms with van der Waals surface area (Å²) in [5.74, 6) is -1.29. The lowest BCUT2D eigenvalue weighted by atomic mass is 10.0. The Kier molecular flexibility index (Phi) is 7.59. The highest BCUT2D eigenvalue weighted by Crippen LogP contribution is 2.21. The second-order valence-corrected chi connectivity index (χ2v) is 8.09. The van der Waals surface area contributed by atoms with Gasteiger partial charge in [0.2, 0.25) is 0 Å². The maximum atomic E-state index is 13.4. The van der Waals surface area contributed by atoms with Crippen LogP contribution in [0.25, 0.3) is 0 Å². The quantitative estimate of drug-likeness (QED) is 0.247. The molecule has 1 unspecified atom stereocenters. The predicted molar refractivity (Wildman–Crippen MR) is 120 cm³/mol. The second kappa shape index (κ2) is 10.4. The molecule has 0 spiro atoms. The molecule has 0 aliphatic carbocycles. The van der Waals surface area contributed by atoms with Crippen molar-refractivity contribution in [3.8, 4) is 0 Å². The zero-order chi connectivity index (χ0) is 24.1. The van der Waals surface area contributed by atoms with Gasteiger partial charge in [-0.1, -0.05) is 0 Å². The standard InChI is InChI=1S/C21H21BrN4O7/c1-2-33-21(30)24-11-9-23(10-12-24)20(29)18(25-13-15(22)5-8-17(25)27)19(28)14-3-6-16(7-4-14)26(31)32/h3-8,13,18H,2,9-12H2,1H3. The summed E-state index contributed by atoms with van der Waals surface area (Å²) in [6, 6.07) is 6.05. The number of carbonyl (C=O) groups is 3. The van der Waals surface area contributed by atoms with Crippen LogP contribution in [0.1, 0.15) is 23.3 Å². The molecule has 1 aromatic carbocycles. The first-order valence-electron chi connectivity index (χ1n) is 10.1. The topological polar surface area (TPSA) is 132 Å². The zero-order valence-corrected chi connectivity index (χ0v) is 19.3. The summed E-state index contributed by atoms with van der Waals surface area (Å²) >= 11 is 3.25. The molecule has 1 fully saturated rings. The minimum absolute atomic E-state index is 0.0518. The van der Waals surface area contributed by atoms with Gasteiger partial charge < -0.3 is 14.5 Å². The van der Waals surface area contributed by atoms with E-state index in [1.54, 1.807) is 6.92 Å². The van der Waals surface area contributed by atoms with E-state index < -0.39 is 34.3 Å². The lowest BCUT2D eigenvalue weighted by Gasteiger charge is -2.35. The van der Waals surface area contributed by atoms with Gasteiger partial charge in [0.15, 0.2) is 11.8 Å². The third kappa shape index (κ3) is 5.45. The molecule has 12 heteroatoms. The van der Waals surface area contributed by atoms with Gasteiger partial charge in [-0.3, -0.25) is 29.1 Å². The average Bonchev–Trinajstić information content (AvgIpc) is 2.81. The number of pyridine rings is 1. The van der Waals surface area contributed by atoms with E-state index in [2.05, 4.69) is 15.9 Å². The summed E-state index contributed by atoms with van der Waals surface area (Å²) in [5, 5.41) is 10.9. The van der Waals surface area contributed by atoms with Crippen LogP contribution in [0.15, 0.2) is 51.9 Å². The highest BCUT2D eigenvalue weighted by atomic mass is 79.9. The van der Waals surface area contributed by atoms with Crippen LogP contribution in [0.4, 0.5) is 10.5 Å². The number of hydrogen-bond donors (Lipinski definition) is 0. The van der Waals surface area contributed by atoms with Crippen LogP contribution in [0, 0.1) is 10.1 Å². The smallest absolute Gasteiger partial charge is 0.409 e. The summed E-state index contributed by atoms with van der Waals surface area (Å²) in [6.07, 6.45) is 0.870. The molecule has 3 rings (SSSR count). The number of rotatable bonds is 6. The molecule has 1 aliphatic heterocycles. The van der Waals surface area contributed by atoms with Crippen molar-refractivity contribution in [2.24, 2.45) is 0 Å². The Morgan fingerprint density at radius 2 is 1.67 bits per heavy atom. The molecule has 0 bridgehead atoms. The number of aromatic nitrogens is 1. The minimum Gasteiger partial charge on any atom is -0.450 e. The van der Waals surface area contributed by atoms with Crippen molar-refractivity contribution in [3.05, 3.63) is 73.1 Å². The number of hydrogen-bond acceptors (Lipinski definition) is 7. The van der Waals surface area contributed by atoms with Crippen LogP contribution in [0.2, 0.25) is 0 Å². The lowest BCUT2D eigenvalue weighted by Crippen LogP contribution is -2.53. The summed E-state index contributed by atoms with van der Waals surface area (Å²) in [6.45, 7) is 2.68. The Morgan fingerprint density at radius 3 is 2.24 bits per heavy atom. The van der Waals surface area contributed by atoms with Gasteiger partial charge in [0, 0.05) is 60.6 Å². The normalized spacial score (nSPS) is 14.5. The van der Waals surface area contributed by atoms with Crippen LogP contribution in [-0.4, -0.2) is 69.9 Å². The van der Waals surface area contributed by atoms with Crippen molar-refractivity contribution in [2.75, 3.05) is 32.8 Å². The van der Waals surface area contributed by atoms with Crippen LogP contribution in [-0.2, 0) is 9.53 Å². The van der Waals surface area contributed by atoms with Gasteiger partial charge in [-0.25, -0.2) is 4.79 Å². The lowest BCUT2D eigenvalue weighted by molar-refractivity contribution is -0.384. The summed E-state index contributed by atoms with van der Waals surface area (Å²) in [7, 11) is 0. The molecule has 0 radical (unpaired) electrons. The summed E-state index contributed by atoms with van der Waals surface area (Å²) < 4.78 is 6.50. The number of Topliss-reactive ketones (excluding diaryl/α,β-unsaturated/α-hetero) is 1. The van der Waals surface area contributed by atoms with Crippen molar-refractivity contribution in [3.63, 3.8) is 0 Å². The number of ether oxygens (including phenoxy) is 1. The van der Waals surface area contributed by atoms with Crippen LogP contribution in [0.3, 0.4) is 0 Å². The van der Waals surface area contributed by atoms with E-state index in [-0.39, 0.29) is 44.0 Å². The minimum atomic E-state index is -1.51. The van der Waals surface area contributed by atoms with E-state index in [4.69, 9.17) is 4.74 Å². The molecule has 2 amide bonds. The van der Waals surface area contributed by atoms with Crippen LogP contribution < -0.4 is 5.56 Å². The van der Waals surface area contributed by atoms with Crippen molar-refractivity contribution in [1.29, 1.82) is 0 Å². The number of nitro groups is 1. The number of halogens is 1. The molecule has 1 aromatic heterocycles. The van der Waals surface area contributed by atoms with Crippen molar-refractivity contribution < 1.29 is 24.0 Å². The summed E-state index contributed by atoms with van der Waals surface area (Å²) in [5.41, 5.74) is -0.711. The number of nitro benzene ring substituents is 1. The maximum absolute atomic E-state index is 13.4. The molecule has 33 heavy (non-hydrogen) atoms. The maximum Gasteiger partial charge on any atom is 0.409 e. The average molecular weight is 521 g/mol. The Morgan fingerprint density at radius 1 is 1.06 bits per heavy atom. The SMILES string of the molecule is CCOC(=O)N1CCN(C(=O)C(C(=O)c2ccc([N+](=O)[O-])cc2)n2cc(Br)ccc2=O)CC1. The fourth-order valence-corrected chi connectivity index (χ4v) is 3.79. The Balaban J connectivity index is 1.91. The fraction of sp³-hybridized carbons (Fsp3) is 0.333. The van der Waals surface area contributed by atoms with Gasteiger partial charge in [0.25, 0.3) is 17.2 Å². The number of amides is 2. The van der Waals surface area contributed by atoms with Crippen molar-refractivity contribution in [2.45, 2.75) is 13.0 Å². The van der Waals surface area contributed by atoms with Gasteiger partial charge >= 0.3 is 6.09 Å². The molecule has 174 valence electrons. The monoisotopic (exact) mass is 520 g/mol. The number of ketones is 1. The van der Waals surface area contributed by atoms with E-state index in [0.29, 0.717) is 4.47 Å². The first kappa shape index (κ1) is 24.1. The van der Waals surface area contributed by atoms with Gasteiger partial charge in [-0.15, -0.1) is 0 Å². The molecule has 2 heterocycles. The van der Waals surface area contributed by atoms with Gasteiger partial charge in [0.1, 0.15) is 0 Å². The molecule has 0 saturated carbocycles. The number of carbonyl (C=O) groups excluding carboxylic acids is 3. The van der Waals surface area contributed by atoms with E-state index in [0.717, 1.165) is 16.7 Å². The van der Waals surface area contributed by atoms with Gasteiger partial charge in [-0.2, -0.15) is 0 Å². The predicted octanol–water partition coefficient (Wildman–Crippen LogP) is 2.24. The van der Waals surface area contributed by atoms with E-state index in [9.17, 15) is 29.3 Å². The third-order valence-corrected chi connectivity index (χ3v) is 5.61. The molecular weight excluding hydrogens is 500 g/mol. The highest BCUT2D eigenvalue weighted by molar-refractivity contribution is 9.10. The largest absolute Gasteiger partial charge is 0.450 e. The molecule has 1 atom stereocenters. The Labute approximate surface area is 196 Å². The van der Waals surface area contributed by atoms with Crippen molar-refractivity contribution >= 4 is 39.4 Å². The fourth-order valence-electron chi connectivity index (χ4n) is 3.44. The number of benzene rings is 1. The Hall–Kier alpha value is -3.54. The molecule has 2 aromatic rings. The molecule has 1 saturated heterocycles. The molecule has 0 N–H and O–H groups in total. The molecule has 11 nitrogen and oxygen atoms in total. The van der Waals surface area contributed by atoms with Crippen LogP contribution >= 0.6 is 15.9 Å². The Bertz CT molecular complexity index is 1120. The second-order valence-electron chi connectivity index (χ2n) is 7.17. The first-order chi connectivity index (χ1) is 15.7. The number of nitrogens with zero attached hydrogens (tertiary/aromatic N) is 4. The van der Waals surface area contributed by atoms with Gasteiger partial charge in [-0.05, 0) is 41.1 Å². The molecule has 1 aliphatic rings. The number of non-ortho nitro benzene ring substituents is 1.